The van der Waals surface area contributed by atoms with Crippen LogP contribution in [-0.2, 0) is 14.4 Å². The third kappa shape index (κ3) is 3.96. The second-order valence-corrected chi connectivity index (χ2v) is 6.04. The molecule has 2 N–H and O–H groups in total. The first-order chi connectivity index (χ1) is 12.6. The Morgan fingerprint density at radius 1 is 1.23 bits per heavy atom. The van der Waals surface area contributed by atoms with Gasteiger partial charge in [-0.2, -0.15) is 0 Å². The molecule has 2 aliphatic heterocycles. The predicted molar refractivity (Wildman–Crippen MR) is 94.1 cm³/mol. The molecule has 1 atom stereocenters. The van der Waals surface area contributed by atoms with E-state index in [0.29, 0.717) is 36.9 Å². The van der Waals surface area contributed by atoms with E-state index in [0.717, 1.165) is 0 Å². The zero-order chi connectivity index (χ0) is 18.5. The number of ether oxygens (including phenoxy) is 2. The quantitative estimate of drug-likeness (QED) is 0.709. The predicted octanol–water partition coefficient (Wildman–Crippen LogP) is 0.229. The number of benzene rings is 1. The van der Waals surface area contributed by atoms with Gasteiger partial charge in [0.2, 0.25) is 17.7 Å². The molecule has 26 heavy (non-hydrogen) atoms. The van der Waals surface area contributed by atoms with E-state index in [2.05, 4.69) is 17.2 Å². The summed E-state index contributed by atoms with van der Waals surface area (Å²) in [4.78, 5) is 37.7. The van der Waals surface area contributed by atoms with Gasteiger partial charge < -0.3 is 25.0 Å². The van der Waals surface area contributed by atoms with E-state index in [1.165, 1.54) is 0 Å². The Morgan fingerprint density at radius 3 is 2.77 bits per heavy atom. The minimum atomic E-state index is -0.497. The molecule has 1 aromatic rings. The smallest absolute Gasteiger partial charge is 0.239 e. The van der Waals surface area contributed by atoms with Gasteiger partial charge >= 0.3 is 0 Å². The Labute approximate surface area is 151 Å². The highest BCUT2D eigenvalue weighted by atomic mass is 16.6. The molecule has 1 fully saturated rings. The van der Waals surface area contributed by atoms with Crippen molar-refractivity contribution in [1.29, 1.82) is 0 Å². The number of fused-ring (bicyclic) bond motifs is 1. The first-order valence-electron chi connectivity index (χ1n) is 8.44. The van der Waals surface area contributed by atoms with Crippen LogP contribution < -0.4 is 25.0 Å². The lowest BCUT2D eigenvalue weighted by molar-refractivity contribution is -0.128. The molecular formula is C18H21N3O5. The van der Waals surface area contributed by atoms with E-state index in [4.69, 9.17) is 9.47 Å². The lowest BCUT2D eigenvalue weighted by Crippen LogP contribution is -2.40. The molecule has 0 saturated carbocycles. The number of carbonyl (C=O) groups is 3. The highest BCUT2D eigenvalue weighted by molar-refractivity contribution is 6.01. The maximum atomic E-state index is 12.3. The maximum absolute atomic E-state index is 12.3. The monoisotopic (exact) mass is 359 g/mol. The average Bonchev–Trinajstić information content (AvgIpc) is 3.05. The van der Waals surface area contributed by atoms with E-state index < -0.39 is 5.92 Å². The molecule has 0 aromatic heterocycles. The summed E-state index contributed by atoms with van der Waals surface area (Å²) in [5.41, 5.74) is 0.665. The van der Waals surface area contributed by atoms with Crippen molar-refractivity contribution < 1.29 is 23.9 Å². The van der Waals surface area contributed by atoms with E-state index in [9.17, 15) is 14.4 Å². The zero-order valence-corrected chi connectivity index (χ0v) is 14.3. The molecule has 0 radical (unpaired) electrons. The molecule has 0 aliphatic carbocycles. The topological polar surface area (TPSA) is 97.0 Å². The van der Waals surface area contributed by atoms with Crippen molar-refractivity contribution in [2.75, 3.05) is 37.7 Å². The number of rotatable bonds is 6. The molecule has 138 valence electrons. The van der Waals surface area contributed by atoms with E-state index in [-0.39, 0.29) is 37.2 Å². The molecule has 2 heterocycles. The number of nitrogens with zero attached hydrogens (tertiary/aromatic N) is 1. The summed E-state index contributed by atoms with van der Waals surface area (Å²) >= 11 is 0. The van der Waals surface area contributed by atoms with Crippen LogP contribution in [0.3, 0.4) is 0 Å². The van der Waals surface area contributed by atoms with Gasteiger partial charge in [0, 0.05) is 31.3 Å². The second-order valence-electron chi connectivity index (χ2n) is 6.04. The second kappa shape index (κ2) is 7.90. The highest BCUT2D eigenvalue weighted by Crippen LogP contribution is 2.35. The number of hydrogen-bond acceptors (Lipinski definition) is 5. The van der Waals surface area contributed by atoms with Gasteiger partial charge in [0.15, 0.2) is 11.5 Å². The Morgan fingerprint density at radius 2 is 2.00 bits per heavy atom. The molecular weight excluding hydrogens is 338 g/mol. The summed E-state index contributed by atoms with van der Waals surface area (Å²) in [6, 6.07) is 5.28. The summed E-state index contributed by atoms with van der Waals surface area (Å²) < 4.78 is 11.0. The molecule has 3 rings (SSSR count). The average molecular weight is 359 g/mol. The standard InChI is InChI=1S/C18H21N3O5/c1-2-5-19-16(22)10-20-18(24)12-8-17(23)21(11-12)13-3-4-14-15(9-13)26-7-6-25-14/h2-4,9,12H,1,5-8,10-11H2,(H,19,22)(H,20,24)/t12-/m0/s1. The minimum absolute atomic E-state index is 0.106. The van der Waals surface area contributed by atoms with Crippen molar-refractivity contribution in [3.8, 4) is 11.5 Å². The van der Waals surface area contributed by atoms with Gasteiger partial charge in [-0.05, 0) is 12.1 Å². The molecule has 8 heteroatoms. The van der Waals surface area contributed by atoms with E-state index in [1.54, 1.807) is 29.2 Å². The van der Waals surface area contributed by atoms with Crippen LogP contribution in [0.2, 0.25) is 0 Å². The Hall–Kier alpha value is -3.03. The Balaban J connectivity index is 1.59. The van der Waals surface area contributed by atoms with Gasteiger partial charge in [-0.3, -0.25) is 14.4 Å². The first kappa shape index (κ1) is 17.8. The first-order valence-corrected chi connectivity index (χ1v) is 8.44. The van der Waals surface area contributed by atoms with Crippen molar-refractivity contribution in [2.45, 2.75) is 6.42 Å². The van der Waals surface area contributed by atoms with Crippen LogP contribution in [0, 0.1) is 5.92 Å². The Bertz CT molecular complexity index is 734. The summed E-state index contributed by atoms with van der Waals surface area (Å²) in [7, 11) is 0. The third-order valence-electron chi connectivity index (χ3n) is 4.20. The number of amides is 3. The van der Waals surface area contributed by atoms with Gasteiger partial charge in [0.25, 0.3) is 0 Å². The summed E-state index contributed by atoms with van der Waals surface area (Å²) in [6.07, 6.45) is 1.66. The molecule has 1 aromatic carbocycles. The van der Waals surface area contributed by atoms with Crippen LogP contribution in [0.1, 0.15) is 6.42 Å². The number of nitrogens with one attached hydrogen (secondary N) is 2. The maximum Gasteiger partial charge on any atom is 0.239 e. The minimum Gasteiger partial charge on any atom is -0.486 e. The van der Waals surface area contributed by atoms with Crippen LogP contribution in [0.5, 0.6) is 11.5 Å². The van der Waals surface area contributed by atoms with Crippen molar-refractivity contribution in [3.63, 3.8) is 0 Å². The van der Waals surface area contributed by atoms with Crippen molar-refractivity contribution in [1.82, 2.24) is 10.6 Å². The van der Waals surface area contributed by atoms with Gasteiger partial charge in [-0.15, -0.1) is 6.58 Å². The fourth-order valence-corrected chi connectivity index (χ4v) is 2.89. The van der Waals surface area contributed by atoms with Crippen molar-refractivity contribution >= 4 is 23.4 Å². The molecule has 0 bridgehead atoms. The van der Waals surface area contributed by atoms with Crippen molar-refractivity contribution in [2.24, 2.45) is 5.92 Å². The normalized spacial score (nSPS) is 18.4. The summed E-state index contributed by atoms with van der Waals surface area (Å²) in [5, 5.41) is 5.14. The van der Waals surface area contributed by atoms with Gasteiger partial charge in [-0.1, -0.05) is 6.08 Å². The molecule has 0 unspecified atom stereocenters. The molecule has 2 aliphatic rings. The molecule has 0 spiro atoms. The Kier molecular flexibility index (Phi) is 5.40. The number of hydrogen-bond donors (Lipinski definition) is 2. The lowest BCUT2D eigenvalue weighted by atomic mass is 10.1. The SMILES string of the molecule is C=CCNC(=O)CNC(=O)[C@H]1CC(=O)N(c2ccc3c(c2)OCCO3)C1. The van der Waals surface area contributed by atoms with Crippen LogP contribution >= 0.6 is 0 Å². The van der Waals surface area contributed by atoms with Crippen LogP contribution in [0.25, 0.3) is 0 Å². The van der Waals surface area contributed by atoms with Crippen LogP contribution in [0.15, 0.2) is 30.9 Å². The summed E-state index contributed by atoms with van der Waals surface area (Å²) in [5.74, 6) is -0.0147. The van der Waals surface area contributed by atoms with Crippen LogP contribution in [-0.4, -0.2) is 50.6 Å². The van der Waals surface area contributed by atoms with Gasteiger partial charge in [0.05, 0.1) is 12.5 Å². The molecule has 8 nitrogen and oxygen atoms in total. The molecule has 1 saturated heterocycles. The highest BCUT2D eigenvalue weighted by Gasteiger charge is 2.35. The molecule has 3 amide bonds. The fraction of sp³-hybridized carbons (Fsp3) is 0.389. The van der Waals surface area contributed by atoms with E-state index >= 15 is 0 Å². The number of carbonyl (C=O) groups excluding carboxylic acids is 3. The zero-order valence-electron chi connectivity index (χ0n) is 14.3. The van der Waals surface area contributed by atoms with Crippen molar-refractivity contribution in [3.05, 3.63) is 30.9 Å². The lowest BCUT2D eigenvalue weighted by Gasteiger charge is -2.22. The summed E-state index contributed by atoms with van der Waals surface area (Å²) in [6.45, 7) is 4.94. The number of anilines is 1. The largest absolute Gasteiger partial charge is 0.486 e. The van der Waals surface area contributed by atoms with E-state index in [1.807, 2.05) is 0 Å². The third-order valence-corrected chi connectivity index (χ3v) is 4.20. The van der Waals surface area contributed by atoms with Gasteiger partial charge in [-0.25, -0.2) is 0 Å². The van der Waals surface area contributed by atoms with Gasteiger partial charge in [0.1, 0.15) is 13.2 Å². The fourth-order valence-electron chi connectivity index (χ4n) is 2.89. The van der Waals surface area contributed by atoms with Crippen LogP contribution in [0.4, 0.5) is 5.69 Å².